The highest BCUT2D eigenvalue weighted by molar-refractivity contribution is 6.31. The van der Waals surface area contributed by atoms with E-state index in [0.717, 1.165) is 60.1 Å². The van der Waals surface area contributed by atoms with Crippen LogP contribution in [0.3, 0.4) is 0 Å². The van der Waals surface area contributed by atoms with Gasteiger partial charge in [0.15, 0.2) is 0 Å². The summed E-state index contributed by atoms with van der Waals surface area (Å²) in [6, 6.07) is 15.4. The fourth-order valence-electron chi connectivity index (χ4n) is 5.47. The van der Waals surface area contributed by atoms with Gasteiger partial charge in [0.2, 0.25) is 5.91 Å². The molecule has 0 saturated heterocycles. The second kappa shape index (κ2) is 7.86. The summed E-state index contributed by atoms with van der Waals surface area (Å²) in [6.07, 6.45) is 8.45. The molecule has 2 aliphatic rings. The molecule has 2 aliphatic carbocycles. The van der Waals surface area contributed by atoms with Crippen molar-refractivity contribution in [1.29, 1.82) is 0 Å². The van der Waals surface area contributed by atoms with Crippen molar-refractivity contribution in [2.75, 3.05) is 5.32 Å². The summed E-state index contributed by atoms with van der Waals surface area (Å²) in [5.41, 5.74) is 3.33. The first-order valence-electron chi connectivity index (χ1n) is 10.6. The van der Waals surface area contributed by atoms with E-state index in [0.29, 0.717) is 10.9 Å². The van der Waals surface area contributed by atoms with Crippen LogP contribution in [0.15, 0.2) is 54.7 Å². The molecule has 0 bridgehead atoms. The molecule has 1 atom stereocenters. The van der Waals surface area contributed by atoms with Gasteiger partial charge in [-0.2, -0.15) is 0 Å². The molecule has 0 unspecified atom stereocenters. The van der Waals surface area contributed by atoms with Crippen molar-refractivity contribution in [3.05, 3.63) is 70.3 Å². The molecular formula is C25H24Cl2N2O. The lowest BCUT2D eigenvalue weighted by Crippen LogP contribution is -2.48. The van der Waals surface area contributed by atoms with Crippen LogP contribution in [-0.2, 0) is 4.79 Å². The highest BCUT2D eigenvalue weighted by atomic mass is 35.5. The number of fused-ring (bicyclic) bond motifs is 1. The van der Waals surface area contributed by atoms with Gasteiger partial charge in [-0.25, -0.2) is 0 Å². The summed E-state index contributed by atoms with van der Waals surface area (Å²) in [5, 5.41) is 5.69. The number of aromatic nitrogens is 1. The molecule has 154 valence electrons. The zero-order valence-electron chi connectivity index (χ0n) is 16.7. The van der Waals surface area contributed by atoms with Crippen molar-refractivity contribution in [3.8, 4) is 0 Å². The van der Waals surface area contributed by atoms with E-state index < -0.39 is 0 Å². The largest absolute Gasteiger partial charge is 0.326 e. The summed E-state index contributed by atoms with van der Waals surface area (Å²) < 4.78 is 0. The molecule has 30 heavy (non-hydrogen) atoms. The Bertz CT molecular complexity index is 1090. The van der Waals surface area contributed by atoms with Gasteiger partial charge in [0, 0.05) is 33.2 Å². The lowest BCUT2D eigenvalue weighted by Gasteiger charge is -2.52. The summed E-state index contributed by atoms with van der Waals surface area (Å²) in [7, 11) is 0. The fraction of sp³-hybridized carbons (Fsp3) is 0.360. The molecule has 0 radical (unpaired) electrons. The minimum absolute atomic E-state index is 0.109. The van der Waals surface area contributed by atoms with Gasteiger partial charge in [-0.15, -0.1) is 0 Å². The minimum atomic E-state index is 0.109. The number of halogens is 2. The van der Waals surface area contributed by atoms with E-state index in [1.165, 1.54) is 5.56 Å². The first kappa shape index (κ1) is 19.8. The van der Waals surface area contributed by atoms with Crippen molar-refractivity contribution in [1.82, 2.24) is 4.98 Å². The number of carbonyl (C=O) groups excluding carboxylic acids is 1. The molecule has 0 aliphatic heterocycles. The maximum absolute atomic E-state index is 12.9. The second-order valence-corrected chi connectivity index (χ2v) is 9.66. The van der Waals surface area contributed by atoms with E-state index in [2.05, 4.69) is 16.4 Å². The Morgan fingerprint density at radius 1 is 0.933 bits per heavy atom. The maximum atomic E-state index is 12.9. The highest BCUT2D eigenvalue weighted by Crippen LogP contribution is 2.58. The summed E-state index contributed by atoms with van der Waals surface area (Å²) >= 11 is 12.2. The van der Waals surface area contributed by atoms with Crippen molar-refractivity contribution in [3.63, 3.8) is 0 Å². The predicted molar refractivity (Wildman–Crippen MR) is 123 cm³/mol. The smallest absolute Gasteiger partial charge is 0.228 e. The number of carbonyl (C=O) groups is 1. The average Bonchev–Trinajstić information content (AvgIpc) is 2.74. The molecule has 3 nitrogen and oxygen atoms in total. The number of nitrogens with one attached hydrogen (secondary N) is 1. The summed E-state index contributed by atoms with van der Waals surface area (Å²) in [5.74, 6) is 0.765. The van der Waals surface area contributed by atoms with Crippen molar-refractivity contribution < 1.29 is 4.79 Å². The number of benzene rings is 2. The Hall–Kier alpha value is -2.10. The van der Waals surface area contributed by atoms with Gasteiger partial charge in [0.1, 0.15) is 0 Å². The Morgan fingerprint density at radius 2 is 1.63 bits per heavy atom. The van der Waals surface area contributed by atoms with E-state index in [1.54, 1.807) is 0 Å². The van der Waals surface area contributed by atoms with E-state index in [9.17, 15) is 4.79 Å². The Balaban J connectivity index is 1.29. The van der Waals surface area contributed by atoms with Gasteiger partial charge in [0.05, 0.1) is 5.52 Å². The molecular weight excluding hydrogens is 415 g/mol. The molecule has 1 spiro atoms. The Kier molecular flexibility index (Phi) is 5.20. The predicted octanol–water partition coefficient (Wildman–Crippen LogP) is 7.23. The van der Waals surface area contributed by atoms with Gasteiger partial charge in [-0.05, 0) is 104 Å². The van der Waals surface area contributed by atoms with Crippen LogP contribution in [0.5, 0.6) is 0 Å². The lowest BCUT2D eigenvalue weighted by atomic mass is 9.52. The first-order chi connectivity index (χ1) is 14.5. The van der Waals surface area contributed by atoms with E-state index in [1.807, 2.05) is 48.7 Å². The van der Waals surface area contributed by atoms with E-state index >= 15 is 0 Å². The number of hydrogen-bond acceptors (Lipinski definition) is 2. The molecule has 2 fully saturated rings. The molecule has 1 aromatic heterocycles. The summed E-state index contributed by atoms with van der Waals surface area (Å²) in [6.45, 7) is 0. The van der Waals surface area contributed by atoms with Gasteiger partial charge in [-0.3, -0.25) is 9.78 Å². The monoisotopic (exact) mass is 438 g/mol. The third-order valence-corrected chi connectivity index (χ3v) is 7.74. The Morgan fingerprint density at radius 3 is 2.33 bits per heavy atom. The molecule has 3 aromatic rings. The fourth-order valence-corrected chi connectivity index (χ4v) is 5.76. The number of pyridine rings is 1. The first-order valence-corrected chi connectivity index (χ1v) is 11.4. The van der Waals surface area contributed by atoms with Crippen LogP contribution < -0.4 is 5.32 Å². The number of nitrogens with zero attached hydrogens (tertiary/aromatic N) is 1. The van der Waals surface area contributed by atoms with Gasteiger partial charge >= 0.3 is 0 Å². The van der Waals surface area contributed by atoms with Gasteiger partial charge in [-0.1, -0.05) is 23.2 Å². The maximum Gasteiger partial charge on any atom is 0.228 e. The normalized spacial score (nSPS) is 25.8. The number of rotatable bonds is 3. The minimum Gasteiger partial charge on any atom is -0.326 e. The van der Waals surface area contributed by atoms with Crippen LogP contribution in [0, 0.1) is 11.3 Å². The SMILES string of the molecule is O=C(Nc1ccc(Cl)cc1)[C@H]1CC[C@]12CC[C@H](c1ccnc3ccc(Cl)cc31)CC2. The van der Waals surface area contributed by atoms with Crippen molar-refractivity contribution >= 4 is 45.7 Å². The van der Waals surface area contributed by atoms with Crippen LogP contribution in [-0.4, -0.2) is 10.9 Å². The number of anilines is 1. The second-order valence-electron chi connectivity index (χ2n) is 8.79. The summed E-state index contributed by atoms with van der Waals surface area (Å²) in [4.78, 5) is 17.4. The van der Waals surface area contributed by atoms with Gasteiger partial charge < -0.3 is 5.32 Å². The van der Waals surface area contributed by atoms with Crippen LogP contribution in [0.4, 0.5) is 5.69 Å². The van der Waals surface area contributed by atoms with Crippen molar-refractivity contribution in [2.45, 2.75) is 44.4 Å². The van der Waals surface area contributed by atoms with Crippen LogP contribution in [0.2, 0.25) is 10.0 Å². The topological polar surface area (TPSA) is 42.0 Å². The molecule has 2 aromatic carbocycles. The quantitative estimate of drug-likeness (QED) is 0.468. The number of hydrogen-bond donors (Lipinski definition) is 1. The molecule has 1 amide bonds. The van der Waals surface area contributed by atoms with E-state index in [-0.39, 0.29) is 17.2 Å². The zero-order valence-corrected chi connectivity index (χ0v) is 18.2. The third-order valence-electron chi connectivity index (χ3n) is 7.26. The third kappa shape index (κ3) is 3.59. The molecule has 1 heterocycles. The molecule has 5 rings (SSSR count). The Labute approximate surface area is 186 Å². The zero-order chi connectivity index (χ0) is 20.7. The standard InChI is InChI=1S/C25H24Cl2N2O/c26-17-1-4-19(5-2-17)29-24(30)22-9-13-25(22)11-7-16(8-12-25)20-10-14-28-23-6-3-18(27)15-21(20)23/h1-6,10,14-16,22H,7-9,11-13H2,(H,29,30)/t16-,22-,25+/m1/s1. The lowest BCUT2D eigenvalue weighted by molar-refractivity contribution is -0.133. The van der Waals surface area contributed by atoms with Crippen LogP contribution in [0.25, 0.3) is 10.9 Å². The van der Waals surface area contributed by atoms with Crippen LogP contribution in [0.1, 0.15) is 50.0 Å². The van der Waals surface area contributed by atoms with Gasteiger partial charge in [0.25, 0.3) is 0 Å². The molecule has 1 N–H and O–H groups in total. The highest BCUT2D eigenvalue weighted by Gasteiger charge is 2.51. The van der Waals surface area contributed by atoms with E-state index in [4.69, 9.17) is 23.2 Å². The molecule has 2 saturated carbocycles. The average molecular weight is 439 g/mol. The number of amides is 1. The van der Waals surface area contributed by atoms with Crippen molar-refractivity contribution in [2.24, 2.45) is 11.3 Å². The van der Waals surface area contributed by atoms with Crippen LogP contribution >= 0.6 is 23.2 Å². The molecule has 5 heteroatoms.